The molecule has 0 aliphatic rings. The Bertz CT molecular complexity index is 484. The molecule has 4 nitrogen and oxygen atoms in total. The van der Waals surface area contributed by atoms with Crippen molar-refractivity contribution in [3.8, 4) is 0 Å². The van der Waals surface area contributed by atoms with Crippen LogP contribution in [-0.4, -0.2) is 16.5 Å². The monoisotopic (exact) mass is 242 g/mol. The van der Waals surface area contributed by atoms with Gasteiger partial charge >= 0.3 is 0 Å². The van der Waals surface area contributed by atoms with Crippen LogP contribution in [0, 0.1) is 0 Å². The molecular weight excluding hydrogens is 224 g/mol. The summed E-state index contributed by atoms with van der Waals surface area (Å²) < 4.78 is 0. The highest BCUT2D eigenvalue weighted by Gasteiger charge is 2.12. The van der Waals surface area contributed by atoms with Gasteiger partial charge in [0.25, 0.3) is 0 Å². The first-order valence-corrected chi connectivity index (χ1v) is 6.21. The number of unbranched alkanes of at least 4 members (excludes halogenated alkanes) is 1. The SMILES string of the molecule is CCCCN(c1ccccc1)c1ncncc1N. The van der Waals surface area contributed by atoms with Crippen molar-refractivity contribution in [2.75, 3.05) is 17.2 Å². The molecule has 18 heavy (non-hydrogen) atoms. The molecule has 0 atom stereocenters. The van der Waals surface area contributed by atoms with Crippen molar-refractivity contribution in [2.45, 2.75) is 19.8 Å². The van der Waals surface area contributed by atoms with E-state index in [-0.39, 0.29) is 0 Å². The molecule has 1 aromatic heterocycles. The highest BCUT2D eigenvalue weighted by Crippen LogP contribution is 2.27. The van der Waals surface area contributed by atoms with Crippen LogP contribution in [0.2, 0.25) is 0 Å². The van der Waals surface area contributed by atoms with Gasteiger partial charge in [0.15, 0.2) is 5.82 Å². The molecule has 0 radical (unpaired) electrons. The maximum Gasteiger partial charge on any atom is 0.159 e. The van der Waals surface area contributed by atoms with E-state index in [4.69, 9.17) is 5.73 Å². The lowest BCUT2D eigenvalue weighted by atomic mass is 10.2. The lowest BCUT2D eigenvalue weighted by Gasteiger charge is -2.24. The first kappa shape index (κ1) is 12.4. The van der Waals surface area contributed by atoms with Crippen molar-refractivity contribution >= 4 is 17.2 Å². The first-order valence-electron chi connectivity index (χ1n) is 6.21. The van der Waals surface area contributed by atoms with E-state index in [0.717, 1.165) is 30.9 Å². The van der Waals surface area contributed by atoms with E-state index in [9.17, 15) is 0 Å². The maximum absolute atomic E-state index is 5.96. The third-order valence-electron chi connectivity index (χ3n) is 2.78. The Morgan fingerprint density at radius 2 is 2.00 bits per heavy atom. The zero-order chi connectivity index (χ0) is 12.8. The van der Waals surface area contributed by atoms with Crippen LogP contribution in [0.1, 0.15) is 19.8 Å². The molecule has 0 amide bonds. The quantitative estimate of drug-likeness (QED) is 0.875. The number of anilines is 3. The average molecular weight is 242 g/mol. The Labute approximate surface area is 107 Å². The summed E-state index contributed by atoms with van der Waals surface area (Å²) in [5.74, 6) is 0.782. The number of nitrogens with zero attached hydrogens (tertiary/aromatic N) is 3. The molecule has 1 heterocycles. The molecule has 2 N–H and O–H groups in total. The van der Waals surface area contributed by atoms with Crippen LogP contribution < -0.4 is 10.6 Å². The summed E-state index contributed by atoms with van der Waals surface area (Å²) >= 11 is 0. The molecule has 0 aliphatic heterocycles. The van der Waals surface area contributed by atoms with Gasteiger partial charge in [-0.1, -0.05) is 31.5 Å². The van der Waals surface area contributed by atoms with Gasteiger partial charge in [0.2, 0.25) is 0 Å². The summed E-state index contributed by atoms with van der Waals surface area (Å²) in [5, 5.41) is 0. The minimum atomic E-state index is 0.609. The van der Waals surface area contributed by atoms with Crippen LogP contribution in [0.5, 0.6) is 0 Å². The fourth-order valence-electron chi connectivity index (χ4n) is 1.84. The van der Waals surface area contributed by atoms with Gasteiger partial charge < -0.3 is 10.6 Å². The van der Waals surface area contributed by atoms with E-state index in [1.807, 2.05) is 18.2 Å². The van der Waals surface area contributed by atoms with Crippen molar-refractivity contribution < 1.29 is 0 Å². The summed E-state index contributed by atoms with van der Waals surface area (Å²) in [7, 11) is 0. The van der Waals surface area contributed by atoms with E-state index in [0.29, 0.717) is 5.69 Å². The molecule has 0 saturated carbocycles. The molecular formula is C14H18N4. The van der Waals surface area contributed by atoms with Crippen LogP contribution in [0.25, 0.3) is 0 Å². The van der Waals surface area contributed by atoms with Gasteiger partial charge in [-0.15, -0.1) is 0 Å². The lowest BCUT2D eigenvalue weighted by molar-refractivity contribution is 0.779. The summed E-state index contributed by atoms with van der Waals surface area (Å²) in [5.41, 5.74) is 7.68. The minimum absolute atomic E-state index is 0.609. The van der Waals surface area contributed by atoms with Gasteiger partial charge in [-0.05, 0) is 18.6 Å². The van der Waals surface area contributed by atoms with Crippen molar-refractivity contribution in [1.29, 1.82) is 0 Å². The first-order chi connectivity index (χ1) is 8.83. The molecule has 94 valence electrons. The van der Waals surface area contributed by atoms with Gasteiger partial charge in [0, 0.05) is 12.2 Å². The predicted octanol–water partition coefficient (Wildman–Crippen LogP) is 3.00. The smallest absolute Gasteiger partial charge is 0.159 e. The average Bonchev–Trinajstić information content (AvgIpc) is 2.42. The molecule has 0 bridgehead atoms. The number of benzene rings is 1. The Morgan fingerprint density at radius 3 is 2.67 bits per heavy atom. The van der Waals surface area contributed by atoms with E-state index in [2.05, 4.69) is 33.9 Å². The number of aromatic nitrogens is 2. The van der Waals surface area contributed by atoms with Crippen LogP contribution in [0.4, 0.5) is 17.2 Å². The Kier molecular flexibility index (Phi) is 4.12. The van der Waals surface area contributed by atoms with Gasteiger partial charge in [0.1, 0.15) is 6.33 Å². The highest BCUT2D eigenvalue weighted by molar-refractivity contribution is 5.70. The van der Waals surface area contributed by atoms with E-state index < -0.39 is 0 Å². The van der Waals surface area contributed by atoms with Gasteiger partial charge in [-0.2, -0.15) is 0 Å². The number of nitrogen functional groups attached to an aromatic ring is 1. The number of hydrogen-bond donors (Lipinski definition) is 1. The fourth-order valence-corrected chi connectivity index (χ4v) is 1.84. The largest absolute Gasteiger partial charge is 0.394 e. The summed E-state index contributed by atoms with van der Waals surface area (Å²) in [6.45, 7) is 3.08. The van der Waals surface area contributed by atoms with E-state index in [1.165, 1.54) is 6.33 Å². The van der Waals surface area contributed by atoms with Crippen molar-refractivity contribution in [2.24, 2.45) is 0 Å². The zero-order valence-electron chi connectivity index (χ0n) is 10.6. The summed E-state index contributed by atoms with van der Waals surface area (Å²) in [6, 6.07) is 10.2. The maximum atomic E-state index is 5.96. The molecule has 0 saturated heterocycles. The third-order valence-corrected chi connectivity index (χ3v) is 2.78. The second-order valence-electron chi connectivity index (χ2n) is 4.14. The van der Waals surface area contributed by atoms with Crippen LogP contribution >= 0.6 is 0 Å². The summed E-state index contributed by atoms with van der Waals surface area (Å²) in [4.78, 5) is 10.4. The second-order valence-corrected chi connectivity index (χ2v) is 4.14. The second kappa shape index (κ2) is 6.00. The van der Waals surface area contributed by atoms with Crippen LogP contribution in [0.3, 0.4) is 0 Å². The Balaban J connectivity index is 2.34. The Hall–Kier alpha value is -2.10. The number of rotatable bonds is 5. The van der Waals surface area contributed by atoms with Gasteiger partial charge in [-0.3, -0.25) is 0 Å². The molecule has 0 fully saturated rings. The molecule has 0 spiro atoms. The van der Waals surface area contributed by atoms with Gasteiger partial charge in [0.05, 0.1) is 11.9 Å². The fraction of sp³-hybridized carbons (Fsp3) is 0.286. The Morgan fingerprint density at radius 1 is 1.22 bits per heavy atom. The molecule has 2 aromatic rings. The van der Waals surface area contributed by atoms with Crippen molar-refractivity contribution in [3.63, 3.8) is 0 Å². The number of hydrogen-bond acceptors (Lipinski definition) is 4. The van der Waals surface area contributed by atoms with Gasteiger partial charge in [-0.25, -0.2) is 9.97 Å². The molecule has 1 aromatic carbocycles. The molecule has 2 rings (SSSR count). The lowest BCUT2D eigenvalue weighted by Crippen LogP contribution is -2.20. The predicted molar refractivity (Wildman–Crippen MR) is 74.8 cm³/mol. The third kappa shape index (κ3) is 2.77. The van der Waals surface area contributed by atoms with E-state index >= 15 is 0 Å². The normalized spacial score (nSPS) is 10.3. The minimum Gasteiger partial charge on any atom is -0.394 e. The van der Waals surface area contributed by atoms with Crippen molar-refractivity contribution in [3.05, 3.63) is 42.9 Å². The standard InChI is InChI=1S/C14H18N4/c1-2-3-9-18(12-7-5-4-6-8-12)14-13(15)10-16-11-17-14/h4-8,10-11H,2-3,9,15H2,1H3. The summed E-state index contributed by atoms with van der Waals surface area (Å²) in [6.07, 6.45) is 5.41. The van der Waals surface area contributed by atoms with Crippen LogP contribution in [0.15, 0.2) is 42.9 Å². The van der Waals surface area contributed by atoms with Crippen LogP contribution in [-0.2, 0) is 0 Å². The van der Waals surface area contributed by atoms with E-state index in [1.54, 1.807) is 6.20 Å². The molecule has 0 aliphatic carbocycles. The van der Waals surface area contributed by atoms with Crippen molar-refractivity contribution in [1.82, 2.24) is 9.97 Å². The molecule has 0 unspecified atom stereocenters. The topological polar surface area (TPSA) is 55.0 Å². The highest BCUT2D eigenvalue weighted by atomic mass is 15.2. The number of nitrogens with two attached hydrogens (primary N) is 1. The molecule has 4 heteroatoms. The number of para-hydroxylation sites is 1. The zero-order valence-corrected chi connectivity index (χ0v) is 10.6.